The van der Waals surface area contributed by atoms with E-state index in [0.29, 0.717) is 12.0 Å². The Morgan fingerprint density at radius 3 is 2.33 bits per heavy atom. The van der Waals surface area contributed by atoms with Crippen LogP contribution in [0.5, 0.6) is 0 Å². The summed E-state index contributed by atoms with van der Waals surface area (Å²) in [5.74, 6) is -0.304. The van der Waals surface area contributed by atoms with Crippen LogP contribution in [0.15, 0.2) is 24.3 Å². The van der Waals surface area contributed by atoms with E-state index in [1.807, 2.05) is 32.9 Å². The molecule has 1 aromatic carbocycles. The maximum absolute atomic E-state index is 11.8. The molecule has 0 spiro atoms. The van der Waals surface area contributed by atoms with Gasteiger partial charge in [-0.3, -0.25) is 0 Å². The van der Waals surface area contributed by atoms with Gasteiger partial charge in [0.05, 0.1) is 5.56 Å². The molecular formula is C15H20O3. The predicted molar refractivity (Wildman–Crippen MR) is 70.6 cm³/mol. The van der Waals surface area contributed by atoms with E-state index in [9.17, 15) is 9.59 Å². The SMILES string of the molecule is CC(C)(C)OC(=O)c1ccc(CCCC=O)cc1. The normalized spacial score (nSPS) is 11.1. The number of hydrogen-bond donors (Lipinski definition) is 0. The van der Waals surface area contributed by atoms with Crippen LogP contribution >= 0.6 is 0 Å². The molecule has 0 atom stereocenters. The van der Waals surface area contributed by atoms with Gasteiger partial charge < -0.3 is 9.53 Å². The molecule has 0 bridgehead atoms. The first-order valence-corrected chi connectivity index (χ1v) is 6.18. The van der Waals surface area contributed by atoms with Crippen molar-refractivity contribution < 1.29 is 14.3 Å². The van der Waals surface area contributed by atoms with Gasteiger partial charge in [0.1, 0.15) is 11.9 Å². The molecule has 0 radical (unpaired) electrons. The smallest absolute Gasteiger partial charge is 0.338 e. The first-order chi connectivity index (χ1) is 8.42. The highest BCUT2D eigenvalue weighted by molar-refractivity contribution is 5.89. The van der Waals surface area contributed by atoms with Crippen molar-refractivity contribution >= 4 is 12.3 Å². The van der Waals surface area contributed by atoms with Gasteiger partial charge in [-0.1, -0.05) is 12.1 Å². The third-order valence-corrected chi connectivity index (χ3v) is 2.38. The molecule has 0 N–H and O–H groups in total. The predicted octanol–water partition coefficient (Wildman–Crippen LogP) is 3.16. The van der Waals surface area contributed by atoms with Gasteiger partial charge in [0.15, 0.2) is 0 Å². The minimum atomic E-state index is -0.473. The van der Waals surface area contributed by atoms with E-state index in [0.717, 1.165) is 24.7 Å². The Labute approximate surface area is 108 Å². The summed E-state index contributed by atoms with van der Waals surface area (Å²) in [6, 6.07) is 7.35. The average molecular weight is 248 g/mol. The van der Waals surface area contributed by atoms with Crippen LogP contribution in [0.4, 0.5) is 0 Å². The quantitative estimate of drug-likeness (QED) is 0.456. The van der Waals surface area contributed by atoms with Crippen molar-refractivity contribution in [1.82, 2.24) is 0 Å². The summed E-state index contributed by atoms with van der Waals surface area (Å²) in [6.45, 7) is 5.54. The van der Waals surface area contributed by atoms with E-state index in [-0.39, 0.29) is 5.97 Å². The van der Waals surface area contributed by atoms with Crippen LogP contribution in [-0.2, 0) is 16.0 Å². The minimum Gasteiger partial charge on any atom is -0.456 e. The Morgan fingerprint density at radius 1 is 1.22 bits per heavy atom. The lowest BCUT2D eigenvalue weighted by atomic mass is 10.1. The second-order valence-corrected chi connectivity index (χ2v) is 5.26. The Balaban J connectivity index is 2.59. The molecule has 0 aromatic heterocycles. The third-order valence-electron chi connectivity index (χ3n) is 2.38. The van der Waals surface area contributed by atoms with E-state index in [1.165, 1.54) is 0 Å². The fourth-order valence-electron chi connectivity index (χ4n) is 1.53. The third kappa shape index (κ3) is 5.13. The van der Waals surface area contributed by atoms with Crippen LogP contribution in [-0.4, -0.2) is 17.9 Å². The molecule has 3 nitrogen and oxygen atoms in total. The fraction of sp³-hybridized carbons (Fsp3) is 0.467. The molecule has 0 unspecified atom stereocenters. The fourth-order valence-corrected chi connectivity index (χ4v) is 1.53. The minimum absolute atomic E-state index is 0.304. The Bertz CT molecular complexity index is 399. The number of benzene rings is 1. The Morgan fingerprint density at radius 2 is 1.83 bits per heavy atom. The monoisotopic (exact) mass is 248 g/mol. The maximum atomic E-state index is 11.8. The lowest BCUT2D eigenvalue weighted by Crippen LogP contribution is -2.23. The number of rotatable bonds is 5. The second-order valence-electron chi connectivity index (χ2n) is 5.26. The van der Waals surface area contributed by atoms with Crippen LogP contribution in [0.2, 0.25) is 0 Å². The zero-order valence-corrected chi connectivity index (χ0v) is 11.2. The molecule has 3 heteroatoms. The molecular weight excluding hydrogens is 228 g/mol. The number of carbonyl (C=O) groups excluding carboxylic acids is 2. The summed E-state index contributed by atoms with van der Waals surface area (Å²) >= 11 is 0. The van der Waals surface area contributed by atoms with Gasteiger partial charge >= 0.3 is 5.97 Å². The molecule has 0 heterocycles. The topological polar surface area (TPSA) is 43.4 Å². The number of unbranched alkanes of at least 4 members (excludes halogenated alkanes) is 1. The molecule has 0 amide bonds. The average Bonchev–Trinajstić information content (AvgIpc) is 2.28. The van der Waals surface area contributed by atoms with Crippen LogP contribution < -0.4 is 0 Å². The van der Waals surface area contributed by atoms with E-state index in [1.54, 1.807) is 12.1 Å². The number of carbonyl (C=O) groups is 2. The molecule has 18 heavy (non-hydrogen) atoms. The van der Waals surface area contributed by atoms with Crippen molar-refractivity contribution in [2.45, 2.75) is 45.6 Å². The first-order valence-electron chi connectivity index (χ1n) is 6.18. The highest BCUT2D eigenvalue weighted by Crippen LogP contribution is 2.13. The van der Waals surface area contributed by atoms with E-state index < -0.39 is 5.60 Å². The summed E-state index contributed by atoms with van der Waals surface area (Å²) in [5.41, 5.74) is 1.22. The van der Waals surface area contributed by atoms with Gasteiger partial charge in [-0.25, -0.2) is 4.79 Å². The van der Waals surface area contributed by atoms with E-state index >= 15 is 0 Å². The van der Waals surface area contributed by atoms with Crippen molar-refractivity contribution in [2.24, 2.45) is 0 Å². The van der Waals surface area contributed by atoms with Gasteiger partial charge in [0.25, 0.3) is 0 Å². The van der Waals surface area contributed by atoms with Gasteiger partial charge in [0.2, 0.25) is 0 Å². The van der Waals surface area contributed by atoms with Gasteiger partial charge in [-0.15, -0.1) is 0 Å². The molecule has 1 aromatic rings. The lowest BCUT2D eigenvalue weighted by Gasteiger charge is -2.19. The molecule has 0 aliphatic carbocycles. The molecule has 0 saturated carbocycles. The Kier molecular flexibility index (Phi) is 5.08. The van der Waals surface area contributed by atoms with Crippen molar-refractivity contribution in [3.8, 4) is 0 Å². The van der Waals surface area contributed by atoms with Crippen molar-refractivity contribution in [3.63, 3.8) is 0 Å². The summed E-state index contributed by atoms with van der Waals surface area (Å²) in [4.78, 5) is 22.0. The molecule has 1 rings (SSSR count). The summed E-state index contributed by atoms with van der Waals surface area (Å²) < 4.78 is 5.28. The van der Waals surface area contributed by atoms with E-state index in [2.05, 4.69) is 0 Å². The van der Waals surface area contributed by atoms with Crippen LogP contribution in [0, 0.1) is 0 Å². The highest BCUT2D eigenvalue weighted by atomic mass is 16.6. The van der Waals surface area contributed by atoms with Crippen molar-refractivity contribution in [3.05, 3.63) is 35.4 Å². The summed E-state index contributed by atoms with van der Waals surface area (Å²) in [7, 11) is 0. The number of ether oxygens (including phenoxy) is 1. The zero-order valence-electron chi connectivity index (χ0n) is 11.2. The second kappa shape index (κ2) is 6.34. The number of esters is 1. The highest BCUT2D eigenvalue weighted by Gasteiger charge is 2.17. The van der Waals surface area contributed by atoms with Crippen LogP contribution in [0.25, 0.3) is 0 Å². The van der Waals surface area contributed by atoms with Gasteiger partial charge in [0, 0.05) is 6.42 Å². The number of hydrogen-bond acceptors (Lipinski definition) is 3. The first kappa shape index (κ1) is 14.4. The molecule has 98 valence electrons. The largest absolute Gasteiger partial charge is 0.456 e. The molecule has 0 saturated heterocycles. The van der Waals surface area contributed by atoms with E-state index in [4.69, 9.17) is 4.74 Å². The van der Waals surface area contributed by atoms with Crippen molar-refractivity contribution in [1.29, 1.82) is 0 Å². The summed E-state index contributed by atoms with van der Waals surface area (Å²) in [6.07, 6.45) is 3.20. The van der Waals surface area contributed by atoms with Crippen molar-refractivity contribution in [2.75, 3.05) is 0 Å². The number of aryl methyl sites for hydroxylation is 1. The van der Waals surface area contributed by atoms with Crippen LogP contribution in [0.3, 0.4) is 0 Å². The molecule has 0 fully saturated rings. The number of aldehydes is 1. The maximum Gasteiger partial charge on any atom is 0.338 e. The lowest BCUT2D eigenvalue weighted by molar-refractivity contribution is -0.107. The zero-order chi connectivity index (χ0) is 13.6. The Hall–Kier alpha value is -1.64. The summed E-state index contributed by atoms with van der Waals surface area (Å²) in [5, 5.41) is 0. The van der Waals surface area contributed by atoms with Gasteiger partial charge in [-0.2, -0.15) is 0 Å². The standard InChI is InChI=1S/C15H20O3/c1-15(2,3)18-14(17)13-9-7-12(8-10-13)6-4-5-11-16/h7-11H,4-6H2,1-3H3. The van der Waals surface area contributed by atoms with Gasteiger partial charge in [-0.05, 0) is 51.3 Å². The van der Waals surface area contributed by atoms with Crippen LogP contribution in [0.1, 0.15) is 49.5 Å². The molecule has 0 aliphatic rings. The molecule has 0 aliphatic heterocycles.